The summed E-state index contributed by atoms with van der Waals surface area (Å²) in [7, 11) is 0. The van der Waals surface area contributed by atoms with E-state index < -0.39 is 0 Å². The topological polar surface area (TPSA) is 26.0 Å². The minimum atomic E-state index is 0.472. The first-order valence-corrected chi connectivity index (χ1v) is 3.94. The van der Waals surface area contributed by atoms with E-state index in [1.807, 2.05) is 0 Å². The average molecular weight is 127 g/mol. The van der Waals surface area contributed by atoms with Crippen LogP contribution in [0.1, 0.15) is 39.5 Å². The minimum Gasteiger partial charge on any atom is -0.327 e. The summed E-state index contributed by atoms with van der Waals surface area (Å²) in [5, 5.41) is 0. The molecule has 0 saturated heterocycles. The van der Waals surface area contributed by atoms with Gasteiger partial charge in [-0.1, -0.05) is 20.3 Å². The first-order chi connectivity index (χ1) is 4.19. The van der Waals surface area contributed by atoms with Gasteiger partial charge in [-0.15, -0.1) is 0 Å². The Bertz CT molecular complexity index is 101. The molecule has 1 nitrogen and oxygen atoms in total. The molecule has 0 radical (unpaired) electrons. The van der Waals surface area contributed by atoms with Crippen molar-refractivity contribution in [2.24, 2.45) is 11.1 Å². The van der Waals surface area contributed by atoms with Crippen LogP contribution in [0.2, 0.25) is 0 Å². The molecule has 0 aromatic heterocycles. The maximum absolute atomic E-state index is 5.92. The molecule has 1 unspecified atom stereocenters. The van der Waals surface area contributed by atoms with Crippen molar-refractivity contribution in [3.63, 3.8) is 0 Å². The van der Waals surface area contributed by atoms with E-state index in [4.69, 9.17) is 5.73 Å². The Labute approximate surface area is 57.6 Å². The van der Waals surface area contributed by atoms with Crippen LogP contribution in [0.4, 0.5) is 0 Å². The third kappa shape index (κ3) is 1.11. The molecule has 1 aliphatic carbocycles. The van der Waals surface area contributed by atoms with E-state index in [0.717, 1.165) is 0 Å². The molecule has 0 aromatic carbocycles. The Kier molecular flexibility index (Phi) is 1.80. The Balaban J connectivity index is 2.56. The maximum Gasteiger partial charge on any atom is 0.00928 e. The van der Waals surface area contributed by atoms with Crippen LogP contribution in [-0.2, 0) is 0 Å². The van der Waals surface area contributed by atoms with E-state index in [1.54, 1.807) is 0 Å². The van der Waals surface area contributed by atoms with Crippen molar-refractivity contribution >= 4 is 0 Å². The van der Waals surface area contributed by atoms with Gasteiger partial charge in [0, 0.05) is 6.04 Å². The van der Waals surface area contributed by atoms with E-state index in [-0.39, 0.29) is 0 Å². The van der Waals surface area contributed by atoms with Gasteiger partial charge in [-0.2, -0.15) is 0 Å². The number of nitrogens with two attached hydrogens (primary N) is 1. The largest absolute Gasteiger partial charge is 0.327 e. The molecular formula is C8H17N. The van der Waals surface area contributed by atoms with Gasteiger partial charge in [0.05, 0.1) is 0 Å². The lowest BCUT2D eigenvalue weighted by atomic mass is 9.83. The smallest absolute Gasteiger partial charge is 0.00928 e. The van der Waals surface area contributed by atoms with Gasteiger partial charge in [0.15, 0.2) is 0 Å². The molecule has 54 valence electrons. The third-order valence-electron chi connectivity index (χ3n) is 2.97. The first kappa shape index (κ1) is 7.07. The maximum atomic E-state index is 5.92. The highest BCUT2D eigenvalue weighted by Gasteiger charge is 2.33. The second kappa shape index (κ2) is 2.30. The van der Waals surface area contributed by atoms with Crippen LogP contribution in [0.15, 0.2) is 0 Å². The lowest BCUT2D eigenvalue weighted by molar-refractivity contribution is 0.282. The molecule has 2 atom stereocenters. The highest BCUT2D eigenvalue weighted by molar-refractivity contribution is 4.89. The van der Waals surface area contributed by atoms with Crippen molar-refractivity contribution in [3.8, 4) is 0 Å². The second-order valence-corrected chi connectivity index (χ2v) is 3.51. The number of hydrogen-bond acceptors (Lipinski definition) is 1. The molecular weight excluding hydrogens is 110 g/mol. The van der Waals surface area contributed by atoms with Crippen molar-refractivity contribution in [2.45, 2.75) is 45.6 Å². The summed E-state index contributed by atoms with van der Waals surface area (Å²) in [6.07, 6.45) is 5.16. The van der Waals surface area contributed by atoms with Gasteiger partial charge >= 0.3 is 0 Å². The summed E-state index contributed by atoms with van der Waals surface area (Å²) in [6, 6.07) is 0.475. The van der Waals surface area contributed by atoms with Gasteiger partial charge in [0.1, 0.15) is 0 Å². The fraction of sp³-hybridized carbons (Fsp3) is 1.00. The molecule has 1 rings (SSSR count). The molecule has 0 aliphatic heterocycles. The normalized spacial score (nSPS) is 43.7. The standard InChI is InChI=1S/C8H17N/c1-3-8(2)6-4-5-7(8)9/h7H,3-6,9H2,1-2H3/t7?,8-/m0/s1. The van der Waals surface area contributed by atoms with Crippen LogP contribution >= 0.6 is 0 Å². The van der Waals surface area contributed by atoms with E-state index in [0.29, 0.717) is 11.5 Å². The fourth-order valence-electron chi connectivity index (χ4n) is 1.70. The van der Waals surface area contributed by atoms with Crippen LogP contribution in [-0.4, -0.2) is 6.04 Å². The molecule has 9 heavy (non-hydrogen) atoms. The zero-order chi connectivity index (χ0) is 6.91. The molecule has 0 aromatic rings. The van der Waals surface area contributed by atoms with Crippen molar-refractivity contribution < 1.29 is 0 Å². The number of hydrogen-bond donors (Lipinski definition) is 1. The minimum absolute atomic E-state index is 0.472. The molecule has 0 amide bonds. The molecule has 1 fully saturated rings. The Hall–Kier alpha value is -0.0400. The Morgan fingerprint density at radius 1 is 1.67 bits per heavy atom. The fourth-order valence-corrected chi connectivity index (χ4v) is 1.70. The monoisotopic (exact) mass is 127 g/mol. The van der Waals surface area contributed by atoms with Gasteiger partial charge in [0.2, 0.25) is 0 Å². The van der Waals surface area contributed by atoms with E-state index in [2.05, 4.69) is 13.8 Å². The number of rotatable bonds is 1. The van der Waals surface area contributed by atoms with Gasteiger partial charge < -0.3 is 5.73 Å². The molecule has 0 spiro atoms. The summed E-state index contributed by atoms with van der Waals surface area (Å²) >= 11 is 0. The summed E-state index contributed by atoms with van der Waals surface area (Å²) in [5.41, 5.74) is 6.40. The van der Waals surface area contributed by atoms with Gasteiger partial charge in [-0.25, -0.2) is 0 Å². The van der Waals surface area contributed by atoms with Crippen LogP contribution in [0.25, 0.3) is 0 Å². The third-order valence-corrected chi connectivity index (χ3v) is 2.97. The summed E-state index contributed by atoms with van der Waals surface area (Å²) in [5.74, 6) is 0. The molecule has 1 heteroatoms. The van der Waals surface area contributed by atoms with Crippen molar-refractivity contribution in [2.75, 3.05) is 0 Å². The quantitative estimate of drug-likeness (QED) is 0.572. The predicted octanol–water partition coefficient (Wildman–Crippen LogP) is 1.91. The Morgan fingerprint density at radius 3 is 2.56 bits per heavy atom. The zero-order valence-electron chi connectivity index (χ0n) is 6.48. The van der Waals surface area contributed by atoms with E-state index in [9.17, 15) is 0 Å². The van der Waals surface area contributed by atoms with Gasteiger partial charge in [-0.3, -0.25) is 0 Å². The predicted molar refractivity (Wildman–Crippen MR) is 40.2 cm³/mol. The van der Waals surface area contributed by atoms with Crippen LogP contribution in [0.5, 0.6) is 0 Å². The summed E-state index contributed by atoms with van der Waals surface area (Å²) in [6.45, 7) is 4.55. The van der Waals surface area contributed by atoms with Crippen LogP contribution in [0.3, 0.4) is 0 Å². The van der Waals surface area contributed by atoms with Crippen LogP contribution in [0, 0.1) is 5.41 Å². The van der Waals surface area contributed by atoms with Gasteiger partial charge in [-0.05, 0) is 24.7 Å². The van der Waals surface area contributed by atoms with Crippen molar-refractivity contribution in [1.82, 2.24) is 0 Å². The average Bonchev–Trinajstić information content (AvgIpc) is 2.15. The molecule has 0 bridgehead atoms. The SMILES string of the molecule is CC[C@@]1(C)CCCC1N. The lowest BCUT2D eigenvalue weighted by Crippen LogP contribution is -2.33. The second-order valence-electron chi connectivity index (χ2n) is 3.51. The lowest BCUT2D eigenvalue weighted by Gasteiger charge is -2.26. The summed E-state index contributed by atoms with van der Waals surface area (Å²) < 4.78 is 0. The summed E-state index contributed by atoms with van der Waals surface area (Å²) in [4.78, 5) is 0. The first-order valence-electron chi connectivity index (χ1n) is 3.94. The van der Waals surface area contributed by atoms with Gasteiger partial charge in [0.25, 0.3) is 0 Å². The molecule has 1 saturated carbocycles. The highest BCUT2D eigenvalue weighted by atomic mass is 14.7. The van der Waals surface area contributed by atoms with E-state index in [1.165, 1.54) is 25.7 Å². The zero-order valence-corrected chi connectivity index (χ0v) is 6.48. The highest BCUT2D eigenvalue weighted by Crippen LogP contribution is 2.38. The van der Waals surface area contributed by atoms with Crippen molar-refractivity contribution in [3.05, 3.63) is 0 Å². The Morgan fingerprint density at radius 2 is 2.33 bits per heavy atom. The van der Waals surface area contributed by atoms with Crippen molar-refractivity contribution in [1.29, 1.82) is 0 Å². The van der Waals surface area contributed by atoms with Crippen LogP contribution < -0.4 is 5.73 Å². The molecule has 0 heterocycles. The molecule has 1 aliphatic rings. The van der Waals surface area contributed by atoms with E-state index >= 15 is 0 Å². The molecule has 2 N–H and O–H groups in total.